The normalized spacial score (nSPS) is 19.2. The number of amides is 2. The molecular weight excluding hydrogens is 474 g/mol. The van der Waals surface area contributed by atoms with E-state index in [-0.39, 0.29) is 24.2 Å². The van der Waals surface area contributed by atoms with Gasteiger partial charge in [0.25, 0.3) is 5.91 Å². The van der Waals surface area contributed by atoms with E-state index in [1.165, 1.54) is 7.11 Å². The van der Waals surface area contributed by atoms with Crippen LogP contribution in [0, 0.1) is 17.2 Å². The number of carboxylic acid groups (broad SMARTS) is 1. The van der Waals surface area contributed by atoms with Crippen LogP contribution in [0.3, 0.4) is 0 Å². The van der Waals surface area contributed by atoms with Crippen molar-refractivity contribution in [3.63, 3.8) is 0 Å². The van der Waals surface area contributed by atoms with Crippen molar-refractivity contribution in [2.45, 2.75) is 50.9 Å². The maximum atomic E-state index is 13.4. The molecule has 1 saturated carbocycles. The van der Waals surface area contributed by atoms with Crippen LogP contribution in [-0.4, -0.2) is 43.2 Å². The van der Waals surface area contributed by atoms with Crippen molar-refractivity contribution in [3.8, 4) is 17.6 Å². The molecule has 1 aliphatic carbocycles. The highest BCUT2D eigenvalue weighted by molar-refractivity contribution is 5.99. The van der Waals surface area contributed by atoms with Gasteiger partial charge in [0.2, 0.25) is 5.91 Å². The first kappa shape index (κ1) is 26.0. The fraction of sp³-hybridized carbons (Fsp3) is 0.429. The van der Waals surface area contributed by atoms with Gasteiger partial charge in [-0.15, -0.1) is 0 Å². The SMILES string of the molecule is CCCNC(=O)c1cc2c(cc1OC)OCC[C@]21C[C@H]1C(=O)Nc1cc(C#N)ccc1CCCC(=O)O. The molecule has 1 fully saturated rings. The number of nitrogens with zero attached hydrogens (tertiary/aromatic N) is 1. The average molecular weight is 506 g/mol. The zero-order valence-corrected chi connectivity index (χ0v) is 21.1. The molecule has 2 atom stereocenters. The van der Waals surface area contributed by atoms with E-state index in [4.69, 9.17) is 14.6 Å². The molecule has 2 amide bonds. The van der Waals surface area contributed by atoms with Gasteiger partial charge in [0, 0.05) is 41.6 Å². The van der Waals surface area contributed by atoms with Crippen LogP contribution in [0.5, 0.6) is 11.5 Å². The van der Waals surface area contributed by atoms with Crippen LogP contribution < -0.4 is 20.1 Å². The topological polar surface area (TPSA) is 138 Å². The van der Waals surface area contributed by atoms with E-state index in [9.17, 15) is 19.6 Å². The van der Waals surface area contributed by atoms with Gasteiger partial charge in [-0.2, -0.15) is 5.26 Å². The summed E-state index contributed by atoms with van der Waals surface area (Å²) in [5.41, 5.74) is 2.52. The molecule has 1 spiro atoms. The third kappa shape index (κ3) is 5.38. The zero-order valence-electron chi connectivity index (χ0n) is 21.1. The van der Waals surface area contributed by atoms with Crippen LogP contribution in [0.2, 0.25) is 0 Å². The Labute approximate surface area is 215 Å². The van der Waals surface area contributed by atoms with Gasteiger partial charge in [-0.25, -0.2) is 0 Å². The Morgan fingerprint density at radius 3 is 2.78 bits per heavy atom. The summed E-state index contributed by atoms with van der Waals surface area (Å²) in [6.45, 7) is 2.97. The number of carbonyl (C=O) groups excluding carboxylic acids is 2. The number of hydrogen-bond acceptors (Lipinski definition) is 6. The van der Waals surface area contributed by atoms with Crippen LogP contribution in [0.4, 0.5) is 5.69 Å². The lowest BCUT2D eigenvalue weighted by atomic mass is 9.85. The van der Waals surface area contributed by atoms with Gasteiger partial charge >= 0.3 is 5.97 Å². The fourth-order valence-corrected chi connectivity index (χ4v) is 5.08. The standard InChI is InChI=1S/C28H31N3O6/c1-3-10-30-26(34)19-13-20-24(14-23(19)36-2)37-11-9-28(20)15-21(28)27(35)31-22-12-17(16-29)7-8-18(22)5-4-6-25(32)33/h7-8,12-14,21H,3-6,9-11,15H2,1-2H3,(H,30,34)(H,31,35)(H,32,33)/t21-,28-/m0/s1. The van der Waals surface area contributed by atoms with Gasteiger partial charge in [-0.05, 0) is 55.9 Å². The van der Waals surface area contributed by atoms with Gasteiger partial charge in [0.05, 0.1) is 30.9 Å². The monoisotopic (exact) mass is 505 g/mol. The number of rotatable bonds is 10. The molecule has 2 aliphatic rings. The van der Waals surface area contributed by atoms with E-state index < -0.39 is 11.4 Å². The van der Waals surface area contributed by atoms with Crippen LogP contribution in [0.25, 0.3) is 0 Å². The number of nitriles is 1. The van der Waals surface area contributed by atoms with E-state index in [1.807, 2.05) is 6.92 Å². The molecule has 1 aliphatic heterocycles. The first-order chi connectivity index (χ1) is 17.8. The Morgan fingerprint density at radius 1 is 1.27 bits per heavy atom. The summed E-state index contributed by atoms with van der Waals surface area (Å²) in [6.07, 6.45) is 2.98. The lowest BCUT2D eigenvalue weighted by Gasteiger charge is -2.28. The van der Waals surface area contributed by atoms with Crippen molar-refractivity contribution in [1.29, 1.82) is 5.26 Å². The van der Waals surface area contributed by atoms with Crippen molar-refractivity contribution >= 4 is 23.5 Å². The molecule has 0 saturated heterocycles. The highest BCUT2D eigenvalue weighted by atomic mass is 16.5. The summed E-state index contributed by atoms with van der Waals surface area (Å²) < 4.78 is 11.3. The van der Waals surface area contributed by atoms with E-state index in [2.05, 4.69) is 16.7 Å². The van der Waals surface area contributed by atoms with Crippen molar-refractivity contribution in [2.24, 2.45) is 5.92 Å². The van der Waals surface area contributed by atoms with E-state index in [0.29, 0.717) is 67.1 Å². The van der Waals surface area contributed by atoms with E-state index in [1.54, 1.807) is 30.3 Å². The van der Waals surface area contributed by atoms with Crippen molar-refractivity contribution in [3.05, 3.63) is 52.6 Å². The molecule has 0 aromatic heterocycles. The molecule has 0 bridgehead atoms. The van der Waals surface area contributed by atoms with Crippen molar-refractivity contribution in [1.82, 2.24) is 5.32 Å². The largest absolute Gasteiger partial charge is 0.496 e. The second-order valence-corrected chi connectivity index (χ2v) is 9.54. The van der Waals surface area contributed by atoms with Crippen molar-refractivity contribution < 1.29 is 29.0 Å². The number of carboxylic acids is 1. The second-order valence-electron chi connectivity index (χ2n) is 9.54. The third-order valence-corrected chi connectivity index (χ3v) is 7.15. The number of benzene rings is 2. The third-order valence-electron chi connectivity index (χ3n) is 7.15. The Balaban J connectivity index is 1.58. The minimum Gasteiger partial charge on any atom is -0.496 e. The van der Waals surface area contributed by atoms with Crippen LogP contribution in [-0.2, 0) is 21.4 Å². The molecule has 9 nitrogen and oxygen atoms in total. The number of methoxy groups -OCH3 is 1. The average Bonchev–Trinajstić information content (AvgIpc) is 3.61. The molecule has 0 radical (unpaired) electrons. The number of aryl methyl sites for hydroxylation is 1. The summed E-state index contributed by atoms with van der Waals surface area (Å²) in [7, 11) is 1.51. The first-order valence-electron chi connectivity index (χ1n) is 12.5. The van der Waals surface area contributed by atoms with Gasteiger partial charge in [-0.3, -0.25) is 14.4 Å². The summed E-state index contributed by atoms with van der Waals surface area (Å²) >= 11 is 0. The Bertz CT molecular complexity index is 1270. The Morgan fingerprint density at radius 2 is 2.08 bits per heavy atom. The smallest absolute Gasteiger partial charge is 0.303 e. The predicted octanol–water partition coefficient (Wildman–Crippen LogP) is 3.79. The van der Waals surface area contributed by atoms with E-state index in [0.717, 1.165) is 17.5 Å². The molecule has 0 unspecified atom stereocenters. The Kier molecular flexibility index (Phi) is 7.67. The van der Waals surface area contributed by atoms with Crippen LogP contribution in [0.15, 0.2) is 30.3 Å². The number of fused-ring (bicyclic) bond motifs is 2. The van der Waals surface area contributed by atoms with Crippen LogP contribution >= 0.6 is 0 Å². The molecule has 194 valence electrons. The molecule has 3 N–H and O–H groups in total. The molecule has 9 heteroatoms. The summed E-state index contributed by atoms with van der Waals surface area (Å²) in [5.74, 6) is -0.570. The number of hydrogen-bond donors (Lipinski definition) is 3. The highest BCUT2D eigenvalue weighted by Gasteiger charge is 2.61. The molecule has 1 heterocycles. The number of ether oxygens (including phenoxy) is 2. The summed E-state index contributed by atoms with van der Waals surface area (Å²) in [4.78, 5) is 37.2. The molecule has 2 aromatic rings. The van der Waals surface area contributed by atoms with Gasteiger partial charge < -0.3 is 25.2 Å². The van der Waals surface area contributed by atoms with Crippen molar-refractivity contribution in [2.75, 3.05) is 25.6 Å². The lowest BCUT2D eigenvalue weighted by molar-refractivity contribution is -0.137. The fourth-order valence-electron chi connectivity index (χ4n) is 5.08. The second kappa shape index (κ2) is 10.9. The molecule has 4 rings (SSSR count). The van der Waals surface area contributed by atoms with Gasteiger partial charge in [0.15, 0.2) is 0 Å². The predicted molar refractivity (Wildman–Crippen MR) is 136 cm³/mol. The minimum atomic E-state index is -0.878. The minimum absolute atomic E-state index is 0.0214. The van der Waals surface area contributed by atoms with Gasteiger partial charge in [0.1, 0.15) is 11.5 Å². The molecular formula is C28H31N3O6. The number of aliphatic carboxylic acids is 1. The Hall–Kier alpha value is -4.06. The number of nitrogens with one attached hydrogen (secondary N) is 2. The molecule has 2 aromatic carbocycles. The zero-order chi connectivity index (χ0) is 26.6. The quantitative estimate of drug-likeness (QED) is 0.447. The lowest BCUT2D eigenvalue weighted by Crippen LogP contribution is -2.29. The first-order valence-corrected chi connectivity index (χ1v) is 12.5. The molecule has 37 heavy (non-hydrogen) atoms. The van der Waals surface area contributed by atoms with Gasteiger partial charge in [-0.1, -0.05) is 13.0 Å². The summed E-state index contributed by atoms with van der Waals surface area (Å²) in [6, 6.07) is 10.7. The maximum absolute atomic E-state index is 13.4. The number of anilines is 1. The number of carbonyl (C=O) groups is 3. The van der Waals surface area contributed by atoms with E-state index >= 15 is 0 Å². The summed E-state index contributed by atoms with van der Waals surface area (Å²) in [5, 5.41) is 24.2. The highest BCUT2D eigenvalue weighted by Crippen LogP contribution is 2.61. The maximum Gasteiger partial charge on any atom is 0.303 e. The van der Waals surface area contributed by atoms with Crippen LogP contribution in [0.1, 0.15) is 66.1 Å².